The summed E-state index contributed by atoms with van der Waals surface area (Å²) < 4.78 is 43.1. The lowest BCUT2D eigenvalue weighted by atomic mass is 9.83. The maximum atomic E-state index is 13.9. The third kappa shape index (κ3) is 4.49. The number of thiophene rings is 1. The fourth-order valence-corrected chi connectivity index (χ4v) is 5.58. The van der Waals surface area contributed by atoms with Gasteiger partial charge in [0.15, 0.2) is 5.69 Å². The summed E-state index contributed by atoms with van der Waals surface area (Å²) >= 11 is 1.62. The maximum Gasteiger partial charge on any atom is 0.435 e. The smallest absolute Gasteiger partial charge is 0.333 e. The van der Waals surface area contributed by atoms with E-state index in [0.717, 1.165) is 20.9 Å². The van der Waals surface area contributed by atoms with Gasteiger partial charge in [0.25, 0.3) is 0 Å². The predicted molar refractivity (Wildman–Crippen MR) is 124 cm³/mol. The van der Waals surface area contributed by atoms with Gasteiger partial charge in [0, 0.05) is 46.1 Å². The Morgan fingerprint density at radius 1 is 1.24 bits per heavy atom. The van der Waals surface area contributed by atoms with Crippen LogP contribution < -0.4 is 0 Å². The van der Waals surface area contributed by atoms with Crippen LogP contribution in [0, 0.1) is 6.92 Å². The molecular formula is C25H26F3N3OS. The first-order chi connectivity index (χ1) is 15.6. The molecule has 1 amide bonds. The Balaban J connectivity index is 1.87. The van der Waals surface area contributed by atoms with Crippen molar-refractivity contribution in [3.63, 3.8) is 0 Å². The zero-order valence-electron chi connectivity index (χ0n) is 18.9. The molecule has 1 aromatic carbocycles. The lowest BCUT2D eigenvalue weighted by Crippen LogP contribution is -2.38. The lowest BCUT2D eigenvalue weighted by molar-refractivity contribution is -0.141. The highest BCUT2D eigenvalue weighted by atomic mass is 32.1. The molecule has 3 aromatic rings. The third-order valence-corrected chi connectivity index (χ3v) is 6.89. The molecule has 33 heavy (non-hydrogen) atoms. The number of aromatic nitrogens is 2. The van der Waals surface area contributed by atoms with E-state index in [9.17, 15) is 18.0 Å². The van der Waals surface area contributed by atoms with Gasteiger partial charge in [-0.05, 0) is 43.0 Å². The van der Waals surface area contributed by atoms with E-state index >= 15 is 0 Å². The molecule has 4 nitrogen and oxygen atoms in total. The van der Waals surface area contributed by atoms with E-state index in [1.54, 1.807) is 35.3 Å². The largest absolute Gasteiger partial charge is 0.435 e. The second-order valence-corrected chi connectivity index (χ2v) is 9.83. The van der Waals surface area contributed by atoms with Crippen molar-refractivity contribution in [3.05, 3.63) is 75.3 Å². The molecular weight excluding hydrogens is 447 g/mol. The van der Waals surface area contributed by atoms with Crippen LogP contribution >= 0.6 is 11.3 Å². The van der Waals surface area contributed by atoms with Crippen molar-refractivity contribution in [1.82, 2.24) is 14.7 Å². The summed E-state index contributed by atoms with van der Waals surface area (Å²) in [5.74, 6) is -0.380. The van der Waals surface area contributed by atoms with Crippen LogP contribution in [0.4, 0.5) is 13.2 Å². The Hall–Kier alpha value is -2.87. The van der Waals surface area contributed by atoms with E-state index in [-0.39, 0.29) is 17.4 Å². The number of hydrogen-bond donors (Lipinski definition) is 0. The number of aryl methyl sites for hydroxylation is 2. The van der Waals surface area contributed by atoms with E-state index in [1.165, 1.54) is 10.9 Å². The molecule has 0 saturated carbocycles. The molecule has 2 aromatic heterocycles. The number of carbonyl (C=O) groups excluding carboxylic acids is 1. The van der Waals surface area contributed by atoms with E-state index in [1.807, 2.05) is 26.0 Å². The molecule has 0 fully saturated rings. The van der Waals surface area contributed by atoms with Crippen LogP contribution in [-0.4, -0.2) is 27.1 Å². The Bertz CT molecular complexity index is 1210. The van der Waals surface area contributed by atoms with Crippen LogP contribution in [0.25, 0.3) is 11.1 Å². The summed E-state index contributed by atoms with van der Waals surface area (Å²) in [6.45, 7) is 10.7. The molecule has 174 valence electrons. The van der Waals surface area contributed by atoms with E-state index in [2.05, 4.69) is 17.7 Å². The molecule has 1 aliphatic heterocycles. The van der Waals surface area contributed by atoms with Crippen molar-refractivity contribution in [2.75, 3.05) is 6.54 Å². The number of carbonyl (C=O) groups is 1. The molecule has 1 aliphatic rings. The fourth-order valence-electron chi connectivity index (χ4n) is 4.47. The molecule has 1 unspecified atom stereocenters. The van der Waals surface area contributed by atoms with Crippen molar-refractivity contribution in [3.8, 4) is 11.1 Å². The van der Waals surface area contributed by atoms with Crippen LogP contribution in [0.1, 0.15) is 52.8 Å². The maximum absolute atomic E-state index is 13.9. The number of nitrogens with zero attached hydrogens (tertiary/aromatic N) is 3. The van der Waals surface area contributed by atoms with Crippen LogP contribution in [0.3, 0.4) is 0 Å². The van der Waals surface area contributed by atoms with Gasteiger partial charge in [-0.15, -0.1) is 11.3 Å². The average molecular weight is 474 g/mol. The Morgan fingerprint density at radius 3 is 2.64 bits per heavy atom. The summed E-state index contributed by atoms with van der Waals surface area (Å²) in [5, 5.41) is 3.87. The molecule has 8 heteroatoms. The monoisotopic (exact) mass is 473 g/mol. The van der Waals surface area contributed by atoms with E-state index in [0.29, 0.717) is 37.2 Å². The van der Waals surface area contributed by atoms with Crippen molar-refractivity contribution < 1.29 is 18.0 Å². The Labute approximate surface area is 195 Å². The summed E-state index contributed by atoms with van der Waals surface area (Å²) in [6, 6.07) is 9.25. The molecule has 0 N–H and O–H groups in total. The average Bonchev–Trinajstić information content (AvgIpc) is 3.35. The molecule has 0 spiro atoms. The number of fused-ring (bicyclic) bond motifs is 1. The Kier molecular flexibility index (Phi) is 6.22. The summed E-state index contributed by atoms with van der Waals surface area (Å²) in [5.41, 5.74) is 1.97. The molecule has 3 heterocycles. The molecule has 0 bridgehead atoms. The number of rotatable bonds is 5. The van der Waals surface area contributed by atoms with Gasteiger partial charge in [-0.1, -0.05) is 37.8 Å². The minimum Gasteiger partial charge on any atom is -0.333 e. The molecule has 0 saturated heterocycles. The molecule has 0 radical (unpaired) electrons. The first-order valence-electron chi connectivity index (χ1n) is 10.9. The van der Waals surface area contributed by atoms with Gasteiger partial charge >= 0.3 is 6.18 Å². The lowest BCUT2D eigenvalue weighted by Gasteiger charge is -2.34. The van der Waals surface area contributed by atoms with Gasteiger partial charge in [0.2, 0.25) is 5.91 Å². The second kappa shape index (κ2) is 8.82. The highest BCUT2D eigenvalue weighted by molar-refractivity contribution is 7.12. The van der Waals surface area contributed by atoms with Gasteiger partial charge in [-0.25, -0.2) is 0 Å². The van der Waals surface area contributed by atoms with Crippen molar-refractivity contribution >= 4 is 17.2 Å². The highest BCUT2D eigenvalue weighted by Crippen LogP contribution is 2.44. The van der Waals surface area contributed by atoms with Crippen LogP contribution in [0.15, 0.2) is 48.7 Å². The number of amides is 1. The summed E-state index contributed by atoms with van der Waals surface area (Å²) in [6.07, 6.45) is -2.40. The van der Waals surface area contributed by atoms with Crippen molar-refractivity contribution in [2.45, 2.75) is 52.4 Å². The third-order valence-electron chi connectivity index (χ3n) is 5.84. The summed E-state index contributed by atoms with van der Waals surface area (Å²) in [7, 11) is 0. The number of hydrogen-bond acceptors (Lipinski definition) is 3. The first kappa shape index (κ1) is 23.3. The first-order valence-corrected chi connectivity index (χ1v) is 11.7. The standard InChI is InChI=1S/C25H26F3N3OS/c1-5-10-31-13-21(23(29-31)25(26,27)28)18-9-7-6-8-17(18)20-12-30(24(32)15(2)3)14-22-19(20)11-16(4)33-22/h6-9,11,13,20H,2,5,10,12,14H2,1,3-4H3. The predicted octanol–water partition coefficient (Wildman–Crippen LogP) is 6.40. The highest BCUT2D eigenvalue weighted by Gasteiger charge is 2.39. The van der Waals surface area contributed by atoms with Gasteiger partial charge in [0.1, 0.15) is 0 Å². The molecule has 1 atom stereocenters. The van der Waals surface area contributed by atoms with Crippen molar-refractivity contribution in [2.24, 2.45) is 0 Å². The number of alkyl halides is 3. The van der Waals surface area contributed by atoms with E-state index < -0.39 is 11.9 Å². The van der Waals surface area contributed by atoms with Crippen LogP contribution in [0.2, 0.25) is 0 Å². The van der Waals surface area contributed by atoms with Crippen LogP contribution in [-0.2, 0) is 24.1 Å². The fraction of sp³-hybridized carbons (Fsp3) is 0.360. The topological polar surface area (TPSA) is 38.1 Å². The van der Waals surface area contributed by atoms with Gasteiger partial charge in [-0.3, -0.25) is 9.48 Å². The zero-order valence-corrected chi connectivity index (χ0v) is 19.7. The van der Waals surface area contributed by atoms with Crippen LogP contribution in [0.5, 0.6) is 0 Å². The van der Waals surface area contributed by atoms with Gasteiger partial charge < -0.3 is 4.90 Å². The summed E-state index contributed by atoms with van der Waals surface area (Å²) in [4.78, 5) is 16.7. The molecule has 0 aliphatic carbocycles. The van der Waals surface area contributed by atoms with Crippen molar-refractivity contribution in [1.29, 1.82) is 0 Å². The Morgan fingerprint density at radius 2 is 1.97 bits per heavy atom. The zero-order chi connectivity index (χ0) is 23.9. The number of benzene rings is 1. The number of halogens is 3. The second-order valence-electron chi connectivity index (χ2n) is 8.49. The van der Waals surface area contributed by atoms with Gasteiger partial charge in [0.05, 0.1) is 6.54 Å². The molecule has 4 rings (SSSR count). The van der Waals surface area contributed by atoms with Gasteiger partial charge in [-0.2, -0.15) is 18.3 Å². The van der Waals surface area contributed by atoms with E-state index in [4.69, 9.17) is 0 Å². The SMILES string of the molecule is C=C(C)C(=O)N1Cc2sc(C)cc2C(c2ccccc2-c2cn(CCC)nc2C(F)(F)F)C1. The normalized spacial score (nSPS) is 16.1. The minimum atomic E-state index is -4.57. The quantitative estimate of drug-likeness (QED) is 0.402. The minimum absolute atomic E-state index is 0.0726.